The van der Waals surface area contributed by atoms with Crippen molar-refractivity contribution in [2.75, 3.05) is 5.32 Å². The van der Waals surface area contributed by atoms with Crippen LogP contribution in [0.25, 0.3) is 0 Å². The summed E-state index contributed by atoms with van der Waals surface area (Å²) in [5.74, 6) is -0.0864. The zero-order valence-electron chi connectivity index (χ0n) is 11.3. The molecule has 4 nitrogen and oxygen atoms in total. The van der Waals surface area contributed by atoms with Crippen LogP contribution in [0.5, 0.6) is 0 Å². The highest BCUT2D eigenvalue weighted by molar-refractivity contribution is 7.99. The van der Waals surface area contributed by atoms with Crippen LogP contribution in [0.2, 0.25) is 0 Å². The van der Waals surface area contributed by atoms with Gasteiger partial charge in [0.15, 0.2) is 0 Å². The largest absolute Gasteiger partial charge is 0.389 e. The van der Waals surface area contributed by atoms with Gasteiger partial charge in [-0.25, -0.2) is 4.98 Å². The van der Waals surface area contributed by atoms with E-state index in [4.69, 9.17) is 0 Å². The molecule has 2 aromatic rings. The third kappa shape index (κ3) is 4.08. The third-order valence-electron chi connectivity index (χ3n) is 2.64. The number of rotatable bonds is 4. The lowest BCUT2D eigenvalue weighted by molar-refractivity contribution is -0.114. The monoisotopic (exact) mass is 288 g/mol. The zero-order valence-corrected chi connectivity index (χ0v) is 12.1. The molecule has 0 radical (unpaired) electrons. The standard InChI is InChI=1S/C15H16N2O2S/c1-10(18)12-7-8-16-15(9-12)20-14-5-3-13(4-6-14)17-11(2)19/h3-10,18H,1-2H3,(H,17,19)/t10-/m0/s1. The number of benzene rings is 1. The van der Waals surface area contributed by atoms with Crippen LogP contribution < -0.4 is 5.32 Å². The van der Waals surface area contributed by atoms with Gasteiger partial charge in [0.2, 0.25) is 5.91 Å². The lowest BCUT2D eigenvalue weighted by Crippen LogP contribution is -2.05. The Labute approximate surface area is 122 Å². The van der Waals surface area contributed by atoms with Gasteiger partial charge < -0.3 is 10.4 Å². The van der Waals surface area contributed by atoms with Crippen LogP contribution in [0.1, 0.15) is 25.5 Å². The van der Waals surface area contributed by atoms with Crippen molar-refractivity contribution in [3.05, 3.63) is 48.2 Å². The highest BCUT2D eigenvalue weighted by atomic mass is 32.2. The molecule has 0 bridgehead atoms. The van der Waals surface area contributed by atoms with Crippen molar-refractivity contribution in [1.29, 1.82) is 0 Å². The smallest absolute Gasteiger partial charge is 0.221 e. The summed E-state index contributed by atoms with van der Waals surface area (Å²) in [4.78, 5) is 16.2. The van der Waals surface area contributed by atoms with Crippen molar-refractivity contribution in [3.8, 4) is 0 Å². The van der Waals surface area contributed by atoms with Gasteiger partial charge in [-0.1, -0.05) is 11.8 Å². The molecule has 0 aliphatic carbocycles. The van der Waals surface area contributed by atoms with Crippen LogP contribution in [-0.2, 0) is 4.79 Å². The fraction of sp³-hybridized carbons (Fsp3) is 0.200. The summed E-state index contributed by atoms with van der Waals surface area (Å²) in [6.07, 6.45) is 1.19. The molecule has 0 saturated heterocycles. The summed E-state index contributed by atoms with van der Waals surface area (Å²) in [6.45, 7) is 3.21. The summed E-state index contributed by atoms with van der Waals surface area (Å²) in [6, 6.07) is 11.2. The van der Waals surface area contributed by atoms with Crippen molar-refractivity contribution in [2.45, 2.75) is 29.9 Å². The number of aromatic nitrogens is 1. The SMILES string of the molecule is CC(=O)Nc1ccc(Sc2cc([C@H](C)O)ccn2)cc1. The lowest BCUT2D eigenvalue weighted by atomic mass is 10.2. The van der Waals surface area contributed by atoms with Crippen molar-refractivity contribution < 1.29 is 9.90 Å². The maximum atomic E-state index is 10.9. The highest BCUT2D eigenvalue weighted by Gasteiger charge is 2.04. The Bertz CT molecular complexity index is 597. The first-order valence-corrected chi connectivity index (χ1v) is 7.06. The summed E-state index contributed by atoms with van der Waals surface area (Å²) < 4.78 is 0. The molecule has 0 saturated carbocycles. The molecule has 2 rings (SSSR count). The van der Waals surface area contributed by atoms with Gasteiger partial charge in [-0.05, 0) is 48.9 Å². The van der Waals surface area contributed by atoms with E-state index < -0.39 is 6.10 Å². The van der Waals surface area contributed by atoms with Crippen LogP contribution in [0, 0.1) is 0 Å². The minimum atomic E-state index is -0.500. The first-order chi connectivity index (χ1) is 9.54. The molecule has 1 aromatic heterocycles. The molecule has 2 N–H and O–H groups in total. The van der Waals surface area contributed by atoms with Gasteiger partial charge in [0.05, 0.1) is 6.10 Å². The highest BCUT2D eigenvalue weighted by Crippen LogP contribution is 2.28. The van der Waals surface area contributed by atoms with E-state index >= 15 is 0 Å². The Hall–Kier alpha value is -1.85. The van der Waals surface area contributed by atoms with Crippen LogP contribution in [0.4, 0.5) is 5.69 Å². The van der Waals surface area contributed by atoms with E-state index in [1.54, 1.807) is 19.2 Å². The molecule has 0 aliphatic rings. The third-order valence-corrected chi connectivity index (χ3v) is 3.58. The molecule has 1 atom stereocenters. The topological polar surface area (TPSA) is 62.2 Å². The second-order valence-electron chi connectivity index (χ2n) is 4.41. The van der Waals surface area contributed by atoms with Gasteiger partial charge in [0.25, 0.3) is 0 Å². The molecule has 0 fully saturated rings. The molecule has 5 heteroatoms. The molecule has 1 heterocycles. The molecule has 0 aliphatic heterocycles. The summed E-state index contributed by atoms with van der Waals surface area (Å²) in [5.41, 5.74) is 1.62. The van der Waals surface area contributed by atoms with E-state index in [1.165, 1.54) is 18.7 Å². The number of aliphatic hydroxyl groups is 1. The van der Waals surface area contributed by atoms with E-state index in [0.717, 1.165) is 21.2 Å². The molecule has 0 spiro atoms. The minimum Gasteiger partial charge on any atom is -0.389 e. The van der Waals surface area contributed by atoms with E-state index in [9.17, 15) is 9.90 Å². The number of hydrogen-bond donors (Lipinski definition) is 2. The van der Waals surface area contributed by atoms with E-state index in [0.29, 0.717) is 0 Å². The Morgan fingerprint density at radius 2 is 2.00 bits per heavy atom. The Balaban J connectivity index is 2.10. The van der Waals surface area contributed by atoms with Crippen molar-refractivity contribution in [1.82, 2.24) is 4.98 Å². The van der Waals surface area contributed by atoms with E-state index in [2.05, 4.69) is 10.3 Å². The molecule has 20 heavy (non-hydrogen) atoms. The number of pyridine rings is 1. The summed E-state index contributed by atoms with van der Waals surface area (Å²) in [5, 5.41) is 13.1. The molecular formula is C15H16N2O2S. The molecule has 1 aromatic carbocycles. The lowest BCUT2D eigenvalue weighted by Gasteiger charge is -2.07. The number of carbonyl (C=O) groups is 1. The fourth-order valence-corrected chi connectivity index (χ4v) is 2.49. The van der Waals surface area contributed by atoms with Gasteiger partial charge in [0.1, 0.15) is 5.03 Å². The number of anilines is 1. The van der Waals surface area contributed by atoms with Crippen LogP contribution in [0.3, 0.4) is 0 Å². The van der Waals surface area contributed by atoms with Gasteiger partial charge in [-0.2, -0.15) is 0 Å². The minimum absolute atomic E-state index is 0.0864. The van der Waals surface area contributed by atoms with Crippen molar-refractivity contribution in [2.24, 2.45) is 0 Å². The van der Waals surface area contributed by atoms with Gasteiger partial charge in [-0.3, -0.25) is 4.79 Å². The van der Waals surface area contributed by atoms with Crippen LogP contribution in [-0.4, -0.2) is 16.0 Å². The Kier molecular flexibility index (Phi) is 4.76. The van der Waals surface area contributed by atoms with Gasteiger partial charge in [-0.15, -0.1) is 0 Å². The maximum Gasteiger partial charge on any atom is 0.221 e. The first kappa shape index (κ1) is 14.6. The first-order valence-electron chi connectivity index (χ1n) is 6.24. The Morgan fingerprint density at radius 3 is 2.60 bits per heavy atom. The number of carbonyl (C=O) groups excluding carboxylic acids is 1. The van der Waals surface area contributed by atoms with E-state index in [-0.39, 0.29) is 5.91 Å². The average Bonchev–Trinajstić information content (AvgIpc) is 2.41. The summed E-state index contributed by atoms with van der Waals surface area (Å²) >= 11 is 1.51. The van der Waals surface area contributed by atoms with E-state index in [1.807, 2.05) is 30.3 Å². The molecular weight excluding hydrogens is 272 g/mol. The van der Waals surface area contributed by atoms with Crippen LogP contribution >= 0.6 is 11.8 Å². The number of nitrogens with one attached hydrogen (secondary N) is 1. The average molecular weight is 288 g/mol. The normalized spacial score (nSPS) is 11.9. The molecule has 104 valence electrons. The predicted octanol–water partition coefficient (Wildman–Crippen LogP) is 3.24. The molecule has 1 amide bonds. The predicted molar refractivity (Wildman–Crippen MR) is 79.7 cm³/mol. The zero-order chi connectivity index (χ0) is 14.5. The fourth-order valence-electron chi connectivity index (χ4n) is 1.67. The second kappa shape index (κ2) is 6.54. The second-order valence-corrected chi connectivity index (χ2v) is 5.50. The number of aliphatic hydroxyl groups excluding tert-OH is 1. The van der Waals surface area contributed by atoms with Crippen molar-refractivity contribution in [3.63, 3.8) is 0 Å². The van der Waals surface area contributed by atoms with Gasteiger partial charge >= 0.3 is 0 Å². The van der Waals surface area contributed by atoms with Gasteiger partial charge in [0, 0.05) is 23.7 Å². The quantitative estimate of drug-likeness (QED) is 0.906. The number of nitrogens with zero attached hydrogens (tertiary/aromatic N) is 1. The summed E-state index contributed by atoms with van der Waals surface area (Å²) in [7, 11) is 0. The number of amides is 1. The van der Waals surface area contributed by atoms with Crippen molar-refractivity contribution >= 4 is 23.4 Å². The molecule has 0 unspecified atom stereocenters. The maximum absolute atomic E-state index is 10.9. The number of hydrogen-bond acceptors (Lipinski definition) is 4. The Morgan fingerprint density at radius 1 is 1.30 bits per heavy atom. The van der Waals surface area contributed by atoms with Crippen LogP contribution in [0.15, 0.2) is 52.5 Å².